The van der Waals surface area contributed by atoms with Gasteiger partial charge in [0.15, 0.2) is 0 Å². The molecule has 0 atom stereocenters. The van der Waals surface area contributed by atoms with Crippen molar-refractivity contribution in [2.24, 2.45) is 0 Å². The Morgan fingerprint density at radius 1 is 1.07 bits per heavy atom. The van der Waals surface area contributed by atoms with Crippen molar-refractivity contribution in [3.05, 3.63) is 23.2 Å². The number of rotatable bonds is 1. The van der Waals surface area contributed by atoms with E-state index in [9.17, 15) is 19.4 Å². The fourth-order valence-corrected chi connectivity index (χ4v) is 1.55. The molecule has 0 aliphatic carbocycles. The van der Waals surface area contributed by atoms with Gasteiger partial charge >= 0.3 is 10.2 Å². The predicted octanol–water partition coefficient (Wildman–Crippen LogP) is 4.58. The minimum atomic E-state index is -9.63. The van der Waals surface area contributed by atoms with Crippen LogP contribution in [0.3, 0.4) is 0 Å². The molecule has 1 nitrogen and oxygen atoms in total. The van der Waals surface area contributed by atoms with Crippen molar-refractivity contribution < 1.29 is 19.4 Å². The molecule has 8 heteroatoms. The summed E-state index contributed by atoms with van der Waals surface area (Å²) in [4.78, 5) is -2.04. The third-order valence-electron chi connectivity index (χ3n) is 1.41. The van der Waals surface area contributed by atoms with E-state index in [2.05, 4.69) is 0 Å². The quantitative estimate of drug-likeness (QED) is 0.575. The molecule has 0 heterocycles. The minimum absolute atomic E-state index is 0.129. The molecule has 0 bridgehead atoms. The first-order valence-electron chi connectivity index (χ1n) is 3.19. The summed E-state index contributed by atoms with van der Waals surface area (Å²) in [5.41, 5.74) is 4.46. The Bertz CT molecular complexity index is 386. The SMILES string of the molecule is Nc1cc(S(F)(F)(F)(F)F)ccc1Cl. The van der Waals surface area contributed by atoms with Crippen LogP contribution in [0.25, 0.3) is 0 Å². The summed E-state index contributed by atoms with van der Waals surface area (Å²) in [6.45, 7) is 0. The number of halogens is 6. The number of anilines is 1. The highest BCUT2D eigenvalue weighted by molar-refractivity contribution is 8.45. The van der Waals surface area contributed by atoms with Crippen LogP contribution in [0.15, 0.2) is 23.1 Å². The van der Waals surface area contributed by atoms with E-state index in [1.807, 2.05) is 0 Å². The molecule has 0 amide bonds. The third-order valence-corrected chi connectivity index (χ3v) is 2.90. The molecular weight excluding hydrogens is 249 g/mol. The Morgan fingerprint density at radius 3 is 1.93 bits per heavy atom. The van der Waals surface area contributed by atoms with Crippen LogP contribution in [-0.2, 0) is 0 Å². The third kappa shape index (κ3) is 2.42. The smallest absolute Gasteiger partial charge is 0.310 e. The van der Waals surface area contributed by atoms with Gasteiger partial charge in [-0.2, -0.15) is 0 Å². The maximum Gasteiger partial charge on any atom is 0.310 e. The zero-order valence-electron chi connectivity index (χ0n) is 6.49. The molecule has 0 aromatic heterocycles. The van der Waals surface area contributed by atoms with E-state index in [1.165, 1.54) is 0 Å². The second kappa shape index (κ2) is 2.27. The average molecular weight is 254 g/mol. The first kappa shape index (κ1) is 11.4. The van der Waals surface area contributed by atoms with Crippen molar-refractivity contribution in [1.82, 2.24) is 0 Å². The van der Waals surface area contributed by atoms with Gasteiger partial charge in [-0.15, -0.1) is 0 Å². The van der Waals surface area contributed by atoms with E-state index in [0.29, 0.717) is 6.07 Å². The molecule has 1 rings (SSSR count). The van der Waals surface area contributed by atoms with Crippen LogP contribution < -0.4 is 5.73 Å². The molecule has 82 valence electrons. The molecular formula is C6H5ClF5NS. The van der Waals surface area contributed by atoms with Gasteiger partial charge in [0.05, 0.1) is 10.7 Å². The molecule has 0 spiro atoms. The molecule has 0 radical (unpaired) electrons. The highest BCUT2D eigenvalue weighted by Gasteiger charge is 2.65. The van der Waals surface area contributed by atoms with Gasteiger partial charge in [-0.1, -0.05) is 31.0 Å². The van der Waals surface area contributed by atoms with Crippen molar-refractivity contribution >= 4 is 27.5 Å². The first-order valence-corrected chi connectivity index (χ1v) is 5.52. The zero-order valence-corrected chi connectivity index (χ0v) is 8.06. The Balaban J connectivity index is 3.45. The van der Waals surface area contributed by atoms with Gasteiger partial charge in [-0.3, -0.25) is 0 Å². The largest absolute Gasteiger partial charge is 0.397 e. The molecule has 2 N–H and O–H groups in total. The molecule has 0 fully saturated rings. The highest BCUT2D eigenvalue weighted by atomic mass is 35.5. The lowest BCUT2D eigenvalue weighted by Crippen LogP contribution is -2.06. The van der Waals surface area contributed by atoms with Crippen LogP contribution in [0.5, 0.6) is 0 Å². The Morgan fingerprint density at radius 2 is 1.57 bits per heavy atom. The van der Waals surface area contributed by atoms with E-state index in [1.54, 1.807) is 0 Å². The molecule has 0 aliphatic heterocycles. The Kier molecular flexibility index (Phi) is 1.85. The molecule has 0 unspecified atom stereocenters. The minimum Gasteiger partial charge on any atom is -0.397 e. The Labute approximate surface area is 81.4 Å². The van der Waals surface area contributed by atoms with Gasteiger partial charge in [-0.05, 0) is 18.2 Å². The molecule has 0 saturated heterocycles. The van der Waals surface area contributed by atoms with Crippen molar-refractivity contribution in [2.45, 2.75) is 4.90 Å². The number of benzene rings is 1. The van der Waals surface area contributed by atoms with Gasteiger partial charge in [0, 0.05) is 0 Å². The van der Waals surface area contributed by atoms with E-state index >= 15 is 0 Å². The van der Waals surface area contributed by atoms with Gasteiger partial charge in [0.2, 0.25) is 0 Å². The van der Waals surface area contributed by atoms with Crippen molar-refractivity contribution in [2.75, 3.05) is 5.73 Å². The summed E-state index contributed by atoms with van der Waals surface area (Å²) >= 11 is 5.30. The highest BCUT2D eigenvalue weighted by Crippen LogP contribution is 3.02. The monoisotopic (exact) mass is 253 g/mol. The molecule has 1 aromatic carbocycles. The summed E-state index contributed by atoms with van der Waals surface area (Å²) < 4.78 is 60.8. The van der Waals surface area contributed by atoms with Gasteiger partial charge in [0.25, 0.3) is 0 Å². The normalized spacial score (nSPS) is 17.3. The standard InChI is InChI=1S/C6H5ClF5NS/c7-5-2-1-4(3-6(5)13)14(8,9,10,11)12/h1-3H,13H2. The van der Waals surface area contributed by atoms with Gasteiger partial charge < -0.3 is 5.73 Å². The van der Waals surface area contributed by atoms with Crippen molar-refractivity contribution in [1.29, 1.82) is 0 Å². The molecule has 1 aromatic rings. The van der Waals surface area contributed by atoms with Crippen LogP contribution in [0.2, 0.25) is 5.02 Å². The summed E-state index contributed by atoms with van der Waals surface area (Å²) in [5.74, 6) is 0. The number of nitrogens with two attached hydrogens (primary N) is 1. The lowest BCUT2D eigenvalue weighted by Gasteiger charge is -2.40. The molecule has 0 saturated carbocycles. The second-order valence-electron chi connectivity index (χ2n) is 2.65. The average Bonchev–Trinajstić information content (AvgIpc) is 1.89. The number of nitrogen functional groups attached to an aromatic ring is 1. The van der Waals surface area contributed by atoms with Crippen LogP contribution in [0.4, 0.5) is 25.1 Å². The topological polar surface area (TPSA) is 26.0 Å². The lowest BCUT2D eigenvalue weighted by molar-refractivity contribution is 0.364. The summed E-state index contributed by atoms with van der Waals surface area (Å²) in [5, 5.41) is -0.199. The fourth-order valence-electron chi connectivity index (χ4n) is 0.762. The molecule has 0 aliphatic rings. The summed E-state index contributed by atoms with van der Waals surface area (Å²) in [7, 11) is -9.63. The van der Waals surface area contributed by atoms with Gasteiger partial charge in [0.1, 0.15) is 4.90 Å². The summed E-state index contributed by atoms with van der Waals surface area (Å²) in [6.07, 6.45) is 0. The van der Waals surface area contributed by atoms with E-state index in [0.717, 1.165) is 0 Å². The van der Waals surface area contributed by atoms with Crippen LogP contribution in [0.1, 0.15) is 0 Å². The maximum atomic E-state index is 12.2. The van der Waals surface area contributed by atoms with E-state index < -0.39 is 20.8 Å². The fraction of sp³-hybridized carbons (Fsp3) is 0. The van der Waals surface area contributed by atoms with Crippen LogP contribution in [-0.4, -0.2) is 0 Å². The van der Waals surface area contributed by atoms with E-state index in [4.69, 9.17) is 17.3 Å². The number of hydrogen-bond donors (Lipinski definition) is 1. The van der Waals surface area contributed by atoms with Crippen LogP contribution >= 0.6 is 21.8 Å². The van der Waals surface area contributed by atoms with E-state index in [-0.39, 0.29) is 17.2 Å². The number of hydrogen-bond acceptors (Lipinski definition) is 1. The first-order chi connectivity index (χ1) is 5.90. The second-order valence-corrected chi connectivity index (χ2v) is 5.47. The predicted molar refractivity (Wildman–Crippen MR) is 47.3 cm³/mol. The van der Waals surface area contributed by atoms with Crippen LogP contribution in [0, 0.1) is 0 Å². The molecule has 14 heavy (non-hydrogen) atoms. The maximum absolute atomic E-state index is 12.2. The Hall–Kier alpha value is -0.690. The lowest BCUT2D eigenvalue weighted by atomic mass is 10.3. The summed E-state index contributed by atoms with van der Waals surface area (Å²) in [6, 6.07) is 1.02. The van der Waals surface area contributed by atoms with Crippen molar-refractivity contribution in [3.8, 4) is 0 Å². The zero-order chi connectivity index (χ0) is 11.3. The van der Waals surface area contributed by atoms with Gasteiger partial charge in [-0.25, -0.2) is 0 Å². The van der Waals surface area contributed by atoms with Crippen molar-refractivity contribution in [3.63, 3.8) is 0 Å².